The van der Waals surface area contributed by atoms with Crippen LogP contribution in [-0.2, 0) is 11.2 Å². The van der Waals surface area contributed by atoms with Gasteiger partial charge in [-0.2, -0.15) is 0 Å². The van der Waals surface area contributed by atoms with Crippen molar-refractivity contribution in [1.82, 2.24) is 0 Å². The van der Waals surface area contributed by atoms with Gasteiger partial charge in [-0.05, 0) is 11.6 Å². The first-order valence-corrected chi connectivity index (χ1v) is 4.86. The van der Waals surface area contributed by atoms with E-state index in [0.29, 0.717) is 12.4 Å². The first-order chi connectivity index (χ1) is 7.25. The molecule has 0 aromatic heterocycles. The van der Waals surface area contributed by atoms with Crippen molar-refractivity contribution in [2.24, 2.45) is 0 Å². The van der Waals surface area contributed by atoms with Crippen molar-refractivity contribution in [2.75, 3.05) is 13.2 Å². The SMILES string of the molecule is O=C(O)CCOc1ccc2c(c1)OCC2. The largest absolute Gasteiger partial charge is 0.493 e. The number of rotatable bonds is 4. The predicted octanol–water partition coefficient (Wildman–Crippen LogP) is 1.47. The Morgan fingerprint density at radius 1 is 1.53 bits per heavy atom. The second-order valence-corrected chi connectivity index (χ2v) is 3.36. The van der Waals surface area contributed by atoms with Gasteiger partial charge in [0.1, 0.15) is 11.5 Å². The van der Waals surface area contributed by atoms with Crippen molar-refractivity contribution in [1.29, 1.82) is 0 Å². The van der Waals surface area contributed by atoms with Crippen molar-refractivity contribution in [3.8, 4) is 11.5 Å². The third kappa shape index (κ3) is 2.40. The van der Waals surface area contributed by atoms with Crippen LogP contribution < -0.4 is 9.47 Å². The minimum Gasteiger partial charge on any atom is -0.493 e. The minimum absolute atomic E-state index is 0.0118. The van der Waals surface area contributed by atoms with Gasteiger partial charge < -0.3 is 14.6 Å². The number of hydrogen-bond donors (Lipinski definition) is 1. The van der Waals surface area contributed by atoms with Gasteiger partial charge in [-0.25, -0.2) is 0 Å². The van der Waals surface area contributed by atoms with Crippen LogP contribution in [-0.4, -0.2) is 24.3 Å². The fourth-order valence-electron chi connectivity index (χ4n) is 1.49. The number of benzene rings is 1. The normalized spacial score (nSPS) is 13.1. The molecule has 1 aliphatic heterocycles. The summed E-state index contributed by atoms with van der Waals surface area (Å²) in [6.07, 6.45) is 0.947. The van der Waals surface area contributed by atoms with E-state index in [1.165, 1.54) is 5.56 Å². The second kappa shape index (κ2) is 4.21. The summed E-state index contributed by atoms with van der Waals surface area (Å²) >= 11 is 0. The number of hydrogen-bond acceptors (Lipinski definition) is 3. The molecule has 0 aliphatic carbocycles. The molecule has 0 saturated heterocycles. The van der Waals surface area contributed by atoms with Gasteiger partial charge in [0.05, 0.1) is 19.6 Å². The average Bonchev–Trinajstić information content (AvgIpc) is 2.64. The van der Waals surface area contributed by atoms with Crippen molar-refractivity contribution in [3.63, 3.8) is 0 Å². The molecule has 4 heteroatoms. The summed E-state index contributed by atoms with van der Waals surface area (Å²) in [7, 11) is 0. The quantitative estimate of drug-likeness (QED) is 0.814. The van der Waals surface area contributed by atoms with Crippen molar-refractivity contribution in [2.45, 2.75) is 12.8 Å². The molecule has 1 heterocycles. The van der Waals surface area contributed by atoms with Crippen LogP contribution in [0.5, 0.6) is 11.5 Å². The Hall–Kier alpha value is -1.71. The van der Waals surface area contributed by atoms with Crippen LogP contribution in [0.15, 0.2) is 18.2 Å². The van der Waals surface area contributed by atoms with Gasteiger partial charge in [0.25, 0.3) is 0 Å². The number of carbonyl (C=O) groups is 1. The Bertz CT molecular complexity index is 373. The Morgan fingerprint density at radius 3 is 3.20 bits per heavy atom. The van der Waals surface area contributed by atoms with E-state index in [2.05, 4.69) is 0 Å². The van der Waals surface area contributed by atoms with Crippen LogP contribution in [0.25, 0.3) is 0 Å². The van der Waals surface area contributed by atoms with Gasteiger partial charge in [0.2, 0.25) is 0 Å². The third-order valence-corrected chi connectivity index (χ3v) is 2.25. The lowest BCUT2D eigenvalue weighted by Gasteiger charge is -2.06. The molecule has 0 bridgehead atoms. The Morgan fingerprint density at radius 2 is 2.40 bits per heavy atom. The van der Waals surface area contributed by atoms with Crippen LogP contribution in [0, 0.1) is 0 Å². The number of aliphatic carboxylic acids is 1. The van der Waals surface area contributed by atoms with Crippen LogP contribution in [0.3, 0.4) is 0 Å². The van der Waals surface area contributed by atoms with E-state index in [9.17, 15) is 4.79 Å². The van der Waals surface area contributed by atoms with Crippen LogP contribution >= 0.6 is 0 Å². The highest BCUT2D eigenvalue weighted by molar-refractivity contribution is 5.66. The van der Waals surface area contributed by atoms with Crippen molar-refractivity contribution >= 4 is 5.97 Å². The van der Waals surface area contributed by atoms with Crippen molar-refractivity contribution in [3.05, 3.63) is 23.8 Å². The van der Waals surface area contributed by atoms with Crippen molar-refractivity contribution < 1.29 is 19.4 Å². The van der Waals surface area contributed by atoms with E-state index >= 15 is 0 Å². The number of ether oxygens (including phenoxy) is 2. The Kier molecular flexibility index (Phi) is 2.76. The number of fused-ring (bicyclic) bond motifs is 1. The van der Waals surface area contributed by atoms with E-state index in [4.69, 9.17) is 14.6 Å². The highest BCUT2D eigenvalue weighted by Gasteiger charge is 2.12. The molecule has 15 heavy (non-hydrogen) atoms. The summed E-state index contributed by atoms with van der Waals surface area (Å²) < 4.78 is 10.7. The van der Waals surface area contributed by atoms with E-state index in [1.54, 1.807) is 0 Å². The van der Waals surface area contributed by atoms with Gasteiger partial charge in [-0.15, -0.1) is 0 Å². The summed E-state index contributed by atoms with van der Waals surface area (Å²) in [6.45, 7) is 0.905. The second-order valence-electron chi connectivity index (χ2n) is 3.36. The van der Waals surface area contributed by atoms with Crippen LogP contribution in [0.4, 0.5) is 0 Å². The highest BCUT2D eigenvalue weighted by atomic mass is 16.5. The van der Waals surface area contributed by atoms with E-state index in [1.807, 2.05) is 18.2 Å². The van der Waals surface area contributed by atoms with E-state index < -0.39 is 5.97 Å². The number of carboxylic acids is 1. The summed E-state index contributed by atoms with van der Waals surface area (Å²) in [6, 6.07) is 5.61. The molecule has 80 valence electrons. The monoisotopic (exact) mass is 208 g/mol. The van der Waals surface area contributed by atoms with Gasteiger partial charge >= 0.3 is 5.97 Å². The Balaban J connectivity index is 1.95. The topological polar surface area (TPSA) is 55.8 Å². The maximum Gasteiger partial charge on any atom is 0.306 e. The average molecular weight is 208 g/mol. The minimum atomic E-state index is -0.854. The summed E-state index contributed by atoms with van der Waals surface area (Å²) in [4.78, 5) is 10.3. The summed E-state index contributed by atoms with van der Waals surface area (Å²) in [5, 5.41) is 8.44. The molecular weight excluding hydrogens is 196 g/mol. The zero-order valence-corrected chi connectivity index (χ0v) is 8.23. The smallest absolute Gasteiger partial charge is 0.306 e. The maximum atomic E-state index is 10.3. The zero-order valence-electron chi connectivity index (χ0n) is 8.23. The van der Waals surface area contributed by atoms with Crippen LogP contribution in [0.2, 0.25) is 0 Å². The molecular formula is C11H12O4. The van der Waals surface area contributed by atoms with Gasteiger partial charge in [0.15, 0.2) is 0 Å². The fraction of sp³-hybridized carbons (Fsp3) is 0.364. The molecule has 0 unspecified atom stereocenters. The highest BCUT2D eigenvalue weighted by Crippen LogP contribution is 2.29. The summed E-state index contributed by atoms with van der Waals surface area (Å²) in [5.41, 5.74) is 1.18. The van der Waals surface area contributed by atoms with Gasteiger partial charge in [0, 0.05) is 12.5 Å². The molecule has 1 aromatic carbocycles. The molecule has 1 aromatic rings. The molecule has 1 aliphatic rings. The lowest BCUT2D eigenvalue weighted by Crippen LogP contribution is -2.04. The van der Waals surface area contributed by atoms with Gasteiger partial charge in [-0.1, -0.05) is 6.07 Å². The van der Waals surface area contributed by atoms with E-state index in [-0.39, 0.29) is 13.0 Å². The Labute approximate surface area is 87.4 Å². The lowest BCUT2D eigenvalue weighted by atomic mass is 10.2. The first-order valence-electron chi connectivity index (χ1n) is 4.86. The summed E-state index contributed by atoms with van der Waals surface area (Å²) in [5.74, 6) is 0.659. The molecule has 0 amide bonds. The lowest BCUT2D eigenvalue weighted by molar-refractivity contribution is -0.137. The first kappa shape index (κ1) is 9.83. The molecule has 2 rings (SSSR count). The number of carboxylic acid groups (broad SMARTS) is 1. The molecule has 1 N–H and O–H groups in total. The van der Waals surface area contributed by atoms with E-state index in [0.717, 1.165) is 12.2 Å². The molecule has 0 radical (unpaired) electrons. The van der Waals surface area contributed by atoms with Crippen LogP contribution in [0.1, 0.15) is 12.0 Å². The maximum absolute atomic E-state index is 10.3. The fourth-order valence-corrected chi connectivity index (χ4v) is 1.49. The predicted molar refractivity (Wildman–Crippen MR) is 53.4 cm³/mol. The molecule has 4 nitrogen and oxygen atoms in total. The molecule has 0 fully saturated rings. The molecule has 0 saturated carbocycles. The molecule has 0 spiro atoms. The van der Waals surface area contributed by atoms with Gasteiger partial charge in [-0.3, -0.25) is 4.79 Å². The molecule has 0 atom stereocenters. The zero-order chi connectivity index (χ0) is 10.7. The standard InChI is InChI=1S/C11H12O4/c12-11(13)4-6-14-9-2-1-8-3-5-15-10(8)7-9/h1-2,7H,3-6H2,(H,12,13). The third-order valence-electron chi connectivity index (χ3n) is 2.25.